The monoisotopic (exact) mass is 386 g/mol. The lowest BCUT2D eigenvalue weighted by Crippen LogP contribution is -2.21. The number of hydrogen-bond donors (Lipinski definition) is 1. The number of halogens is 2. The van der Waals surface area contributed by atoms with Gasteiger partial charge in [-0.05, 0) is 70.7 Å². The Morgan fingerprint density at radius 1 is 1.21 bits per heavy atom. The van der Waals surface area contributed by atoms with E-state index in [0.29, 0.717) is 0 Å². The first-order valence-corrected chi connectivity index (χ1v) is 8.48. The highest BCUT2D eigenvalue weighted by molar-refractivity contribution is 9.11. The summed E-state index contributed by atoms with van der Waals surface area (Å²) in [4.78, 5) is 4.58. The Hall–Kier alpha value is -0.190. The van der Waals surface area contributed by atoms with Crippen molar-refractivity contribution in [3.05, 3.63) is 38.6 Å². The van der Waals surface area contributed by atoms with Gasteiger partial charge in [-0.25, -0.2) is 0 Å². The zero-order valence-electron chi connectivity index (χ0n) is 11.3. The molecule has 1 aromatic heterocycles. The van der Waals surface area contributed by atoms with Crippen LogP contribution < -0.4 is 5.32 Å². The molecule has 0 aromatic carbocycles. The van der Waals surface area contributed by atoms with E-state index in [1.54, 1.807) is 0 Å². The van der Waals surface area contributed by atoms with E-state index in [0.717, 1.165) is 14.6 Å². The highest BCUT2D eigenvalue weighted by Crippen LogP contribution is 2.32. The summed E-state index contributed by atoms with van der Waals surface area (Å²) in [6, 6.07) is 2.29. The number of aromatic nitrogens is 1. The van der Waals surface area contributed by atoms with E-state index in [9.17, 15) is 0 Å². The van der Waals surface area contributed by atoms with E-state index in [2.05, 4.69) is 54.3 Å². The molecule has 4 heteroatoms. The van der Waals surface area contributed by atoms with Crippen molar-refractivity contribution < 1.29 is 0 Å². The summed E-state index contributed by atoms with van der Waals surface area (Å²) >= 11 is 7.09. The molecular weight excluding hydrogens is 368 g/mol. The molecule has 1 atom stereocenters. The van der Waals surface area contributed by atoms with E-state index in [1.807, 2.05) is 13.2 Å². The number of likely N-dealkylation sites (N-methyl/N-ethyl adjacent to an activating group) is 1. The second kappa shape index (κ2) is 7.55. The molecule has 0 amide bonds. The molecule has 19 heavy (non-hydrogen) atoms. The smallest absolute Gasteiger partial charge is 0.0757 e. The van der Waals surface area contributed by atoms with E-state index >= 15 is 0 Å². The van der Waals surface area contributed by atoms with Crippen LogP contribution in [0.4, 0.5) is 0 Å². The molecule has 1 aliphatic carbocycles. The minimum Gasteiger partial charge on any atom is -0.308 e. The largest absolute Gasteiger partial charge is 0.308 e. The van der Waals surface area contributed by atoms with Crippen molar-refractivity contribution >= 4 is 31.9 Å². The molecule has 2 nitrogen and oxygen atoms in total. The van der Waals surface area contributed by atoms with E-state index in [4.69, 9.17) is 0 Å². The Balaban J connectivity index is 2.27. The van der Waals surface area contributed by atoms with Gasteiger partial charge < -0.3 is 5.32 Å². The van der Waals surface area contributed by atoms with Gasteiger partial charge in [-0.15, -0.1) is 0 Å². The van der Waals surface area contributed by atoms with Crippen LogP contribution in [0.3, 0.4) is 0 Å². The normalized spacial score (nSPS) is 18.4. The maximum absolute atomic E-state index is 4.58. The molecule has 1 unspecified atom stereocenters. The van der Waals surface area contributed by atoms with Crippen molar-refractivity contribution in [2.75, 3.05) is 7.05 Å². The van der Waals surface area contributed by atoms with Gasteiger partial charge in [0.15, 0.2) is 0 Å². The van der Waals surface area contributed by atoms with Crippen molar-refractivity contribution in [1.29, 1.82) is 0 Å². The Morgan fingerprint density at radius 2 is 2.00 bits per heavy atom. The van der Waals surface area contributed by atoms with Crippen LogP contribution >= 0.6 is 31.9 Å². The zero-order valence-corrected chi connectivity index (χ0v) is 14.4. The highest BCUT2D eigenvalue weighted by atomic mass is 79.9. The summed E-state index contributed by atoms with van der Waals surface area (Å²) in [6.45, 7) is 0. The van der Waals surface area contributed by atoms with Gasteiger partial charge in [-0.3, -0.25) is 4.98 Å². The Kier molecular flexibility index (Phi) is 6.05. The third-order valence-electron chi connectivity index (χ3n) is 3.60. The first-order chi connectivity index (χ1) is 9.22. The van der Waals surface area contributed by atoms with Crippen LogP contribution in [0.1, 0.15) is 50.3 Å². The SMILES string of the molecule is CNC(C1=CCCCCCC1)c1ncc(Br)cc1Br. The fourth-order valence-electron chi connectivity index (χ4n) is 2.61. The summed E-state index contributed by atoms with van der Waals surface area (Å²) < 4.78 is 2.06. The molecule has 0 saturated carbocycles. The number of hydrogen-bond acceptors (Lipinski definition) is 2. The summed E-state index contributed by atoms with van der Waals surface area (Å²) in [5.41, 5.74) is 2.57. The molecule has 104 valence electrons. The Labute approximate surface area is 132 Å². The molecule has 0 aliphatic heterocycles. The van der Waals surface area contributed by atoms with Gasteiger partial charge in [-0.2, -0.15) is 0 Å². The fraction of sp³-hybridized carbons (Fsp3) is 0.533. The van der Waals surface area contributed by atoms with Crippen molar-refractivity contribution in [3.63, 3.8) is 0 Å². The maximum atomic E-state index is 4.58. The minimum absolute atomic E-state index is 0.223. The Morgan fingerprint density at radius 3 is 2.74 bits per heavy atom. The summed E-state index contributed by atoms with van der Waals surface area (Å²) in [6.07, 6.45) is 12.0. The van der Waals surface area contributed by atoms with Crippen molar-refractivity contribution in [2.24, 2.45) is 0 Å². The number of nitrogens with zero attached hydrogens (tertiary/aromatic N) is 1. The van der Waals surface area contributed by atoms with E-state index in [1.165, 1.54) is 44.1 Å². The molecule has 0 bridgehead atoms. The van der Waals surface area contributed by atoms with Gasteiger partial charge in [-0.1, -0.05) is 24.5 Å². The topological polar surface area (TPSA) is 24.9 Å². The molecule has 0 saturated heterocycles. The molecule has 1 N–H and O–H groups in total. The Bertz CT molecular complexity index is 457. The third-order valence-corrected chi connectivity index (χ3v) is 4.66. The zero-order chi connectivity index (χ0) is 13.7. The average Bonchev–Trinajstić information content (AvgIpc) is 2.34. The van der Waals surface area contributed by atoms with Crippen LogP contribution in [0.2, 0.25) is 0 Å². The van der Waals surface area contributed by atoms with Crippen molar-refractivity contribution in [3.8, 4) is 0 Å². The number of nitrogens with one attached hydrogen (secondary N) is 1. The lowest BCUT2D eigenvalue weighted by Gasteiger charge is -2.22. The maximum Gasteiger partial charge on any atom is 0.0757 e. The van der Waals surface area contributed by atoms with Crippen LogP contribution in [0.15, 0.2) is 32.9 Å². The molecule has 1 aromatic rings. The number of allylic oxidation sites excluding steroid dienone is 1. The third kappa shape index (κ3) is 4.14. The highest BCUT2D eigenvalue weighted by Gasteiger charge is 2.19. The second-order valence-electron chi connectivity index (χ2n) is 4.97. The van der Waals surface area contributed by atoms with Gasteiger partial charge in [0.05, 0.1) is 11.7 Å². The minimum atomic E-state index is 0.223. The molecule has 0 spiro atoms. The molecule has 0 fully saturated rings. The molecular formula is C15H20Br2N2. The molecule has 1 aliphatic rings. The average molecular weight is 388 g/mol. The fourth-order valence-corrected chi connectivity index (χ4v) is 3.83. The first-order valence-electron chi connectivity index (χ1n) is 6.89. The molecule has 1 heterocycles. The predicted octanol–water partition coefficient (Wildman–Crippen LogP) is 5.15. The van der Waals surface area contributed by atoms with Crippen molar-refractivity contribution in [2.45, 2.75) is 44.6 Å². The van der Waals surface area contributed by atoms with Gasteiger partial charge in [0.1, 0.15) is 0 Å². The van der Waals surface area contributed by atoms with Crippen LogP contribution in [0, 0.1) is 0 Å². The standard InChI is InChI=1S/C15H20Br2N2/c1-18-14(11-7-5-3-2-4-6-8-11)15-13(17)9-12(16)10-19-15/h7,9-10,14,18H,2-6,8H2,1H3. The van der Waals surface area contributed by atoms with Crippen LogP contribution in [-0.2, 0) is 0 Å². The first kappa shape index (κ1) is 15.2. The van der Waals surface area contributed by atoms with E-state index in [-0.39, 0.29) is 6.04 Å². The summed E-state index contributed by atoms with van der Waals surface area (Å²) in [5, 5.41) is 3.42. The van der Waals surface area contributed by atoms with Gasteiger partial charge in [0.2, 0.25) is 0 Å². The quantitative estimate of drug-likeness (QED) is 0.725. The number of rotatable bonds is 3. The molecule has 0 radical (unpaired) electrons. The van der Waals surface area contributed by atoms with Crippen LogP contribution in [0.25, 0.3) is 0 Å². The van der Waals surface area contributed by atoms with Crippen molar-refractivity contribution in [1.82, 2.24) is 10.3 Å². The van der Waals surface area contributed by atoms with Gasteiger partial charge >= 0.3 is 0 Å². The predicted molar refractivity (Wildman–Crippen MR) is 87.2 cm³/mol. The van der Waals surface area contributed by atoms with Gasteiger partial charge in [0.25, 0.3) is 0 Å². The van der Waals surface area contributed by atoms with Gasteiger partial charge in [0, 0.05) is 15.1 Å². The van der Waals surface area contributed by atoms with Crippen LogP contribution in [-0.4, -0.2) is 12.0 Å². The summed E-state index contributed by atoms with van der Waals surface area (Å²) in [5.74, 6) is 0. The lowest BCUT2D eigenvalue weighted by molar-refractivity contribution is 0.566. The summed E-state index contributed by atoms with van der Waals surface area (Å²) in [7, 11) is 2.01. The van der Waals surface area contributed by atoms with Crippen LogP contribution in [0.5, 0.6) is 0 Å². The molecule has 2 rings (SSSR count). The van der Waals surface area contributed by atoms with E-state index < -0.39 is 0 Å². The number of pyridine rings is 1. The second-order valence-corrected chi connectivity index (χ2v) is 6.74. The lowest BCUT2D eigenvalue weighted by atomic mass is 9.93.